The van der Waals surface area contributed by atoms with Crippen molar-refractivity contribution < 1.29 is 49.5 Å². The van der Waals surface area contributed by atoms with Crippen LogP contribution < -0.4 is 10.6 Å². The van der Waals surface area contributed by atoms with Gasteiger partial charge in [0.2, 0.25) is 17.7 Å². The molecule has 35 heavy (non-hydrogen) atoms. The Kier molecular flexibility index (Phi) is 6.52. The highest BCUT2D eigenvalue weighted by Gasteiger charge is 2.23. The van der Waals surface area contributed by atoms with E-state index in [2.05, 4.69) is 25.6 Å². The smallest absolute Gasteiger partial charge is 0.374 e. The summed E-state index contributed by atoms with van der Waals surface area (Å²) in [6.07, 6.45) is 0. The number of carbonyl (C=O) groups is 5. The third kappa shape index (κ3) is 5.08. The molecule has 0 fully saturated rings. The van der Waals surface area contributed by atoms with Crippen molar-refractivity contribution in [1.29, 1.82) is 0 Å². The molecular weight excluding hydrogens is 470 g/mol. The molecule has 1 heterocycles. The van der Waals surface area contributed by atoms with E-state index in [9.17, 15) is 49.5 Å². The molecule has 3 aromatic rings. The number of nitrogens with one attached hydrogen (secondary N) is 2. The van der Waals surface area contributed by atoms with Crippen molar-refractivity contribution in [2.24, 2.45) is 0 Å². The van der Waals surface area contributed by atoms with E-state index >= 15 is 0 Å². The summed E-state index contributed by atoms with van der Waals surface area (Å²) in [6, 6.07) is 6.92. The van der Waals surface area contributed by atoms with Gasteiger partial charge in [0.25, 0.3) is 0 Å². The number of hydrogen-bond donors (Lipinski definition) is 7. The predicted molar refractivity (Wildman–Crippen MR) is 114 cm³/mol. The highest BCUT2D eigenvalue weighted by Crippen LogP contribution is 2.26. The molecule has 0 unspecified atom stereocenters. The van der Waals surface area contributed by atoms with Crippen LogP contribution in [0.1, 0.15) is 52.1 Å². The van der Waals surface area contributed by atoms with Crippen LogP contribution in [0, 0.1) is 0 Å². The molecule has 3 rings (SSSR count). The molecular formula is C20H13N5O10. The van der Waals surface area contributed by atoms with E-state index in [-0.39, 0.29) is 11.4 Å². The number of carboxylic acid groups (broad SMARTS) is 5. The average Bonchev–Trinajstić information content (AvgIpc) is 2.78. The minimum absolute atomic E-state index is 0.287. The Labute approximate surface area is 193 Å². The summed E-state index contributed by atoms with van der Waals surface area (Å²) in [5.74, 6) is -9.81. The standard InChI is InChI=1S/C20H13N5O10/c26-14(27)7-3-1-5-9(11(7)16(30)31)21-19-23-13(18(34)35)24-20(25-19)22-10-6-2-4-8(15(28)29)12(10)17(32)33/h1-6H,(H,26,27)(H,28,29)(H,30,31)(H,32,33)(H,34,35)(H2,21,22,23,24,25). The van der Waals surface area contributed by atoms with Crippen LogP contribution in [-0.4, -0.2) is 70.3 Å². The zero-order chi connectivity index (χ0) is 25.9. The van der Waals surface area contributed by atoms with Gasteiger partial charge in [0.15, 0.2) is 0 Å². The van der Waals surface area contributed by atoms with E-state index in [1.807, 2.05) is 0 Å². The SMILES string of the molecule is O=C(O)c1nc(Nc2cccc(C(=O)O)c2C(=O)O)nc(Nc2cccc(C(=O)O)c2C(=O)O)n1. The fourth-order valence-electron chi connectivity index (χ4n) is 2.95. The normalized spacial score (nSPS) is 10.3. The Morgan fingerprint density at radius 3 is 1.26 bits per heavy atom. The van der Waals surface area contributed by atoms with Crippen molar-refractivity contribution >= 4 is 53.1 Å². The average molecular weight is 483 g/mol. The Balaban J connectivity index is 2.11. The largest absolute Gasteiger partial charge is 0.478 e. The Morgan fingerprint density at radius 2 is 0.943 bits per heavy atom. The number of nitrogens with zero attached hydrogens (tertiary/aromatic N) is 3. The second-order valence-corrected chi connectivity index (χ2v) is 6.54. The molecule has 1 aromatic heterocycles. The maximum Gasteiger partial charge on any atom is 0.374 e. The molecule has 0 saturated carbocycles. The summed E-state index contributed by atoms with van der Waals surface area (Å²) in [5, 5.41) is 51.6. The summed E-state index contributed by atoms with van der Waals surface area (Å²) in [7, 11) is 0. The third-order valence-corrected chi connectivity index (χ3v) is 4.34. The van der Waals surface area contributed by atoms with Crippen LogP contribution in [0.2, 0.25) is 0 Å². The molecule has 0 aliphatic rings. The fourth-order valence-corrected chi connectivity index (χ4v) is 2.95. The lowest BCUT2D eigenvalue weighted by Crippen LogP contribution is -2.15. The molecule has 0 radical (unpaired) electrons. The van der Waals surface area contributed by atoms with Crippen molar-refractivity contribution in [1.82, 2.24) is 15.0 Å². The highest BCUT2D eigenvalue weighted by atomic mass is 16.4. The Bertz CT molecular complexity index is 1310. The van der Waals surface area contributed by atoms with Crippen LogP contribution in [-0.2, 0) is 0 Å². The highest BCUT2D eigenvalue weighted by molar-refractivity contribution is 6.07. The van der Waals surface area contributed by atoms with E-state index in [0.717, 1.165) is 12.1 Å². The van der Waals surface area contributed by atoms with E-state index in [0.29, 0.717) is 0 Å². The molecule has 0 spiro atoms. The molecule has 15 heteroatoms. The predicted octanol–water partition coefficient (Wildman–Crippen LogP) is 1.85. The van der Waals surface area contributed by atoms with E-state index in [4.69, 9.17) is 0 Å². The first kappa shape index (κ1) is 24.1. The van der Waals surface area contributed by atoms with Crippen molar-refractivity contribution in [3.63, 3.8) is 0 Å². The molecule has 0 aliphatic carbocycles. The lowest BCUT2D eigenvalue weighted by atomic mass is 10.1. The molecule has 0 aliphatic heterocycles. The van der Waals surface area contributed by atoms with Crippen LogP contribution >= 0.6 is 0 Å². The van der Waals surface area contributed by atoms with Gasteiger partial charge in [-0.05, 0) is 24.3 Å². The van der Waals surface area contributed by atoms with Crippen molar-refractivity contribution in [3.8, 4) is 0 Å². The second-order valence-electron chi connectivity index (χ2n) is 6.54. The third-order valence-electron chi connectivity index (χ3n) is 4.34. The summed E-state index contributed by atoms with van der Waals surface area (Å²) in [6.45, 7) is 0. The van der Waals surface area contributed by atoms with Crippen molar-refractivity contribution in [2.75, 3.05) is 10.6 Å². The first-order chi connectivity index (χ1) is 16.5. The van der Waals surface area contributed by atoms with Crippen molar-refractivity contribution in [2.45, 2.75) is 0 Å². The zero-order valence-electron chi connectivity index (χ0n) is 17.1. The van der Waals surface area contributed by atoms with Gasteiger partial charge < -0.3 is 36.2 Å². The number of rotatable bonds is 9. The van der Waals surface area contributed by atoms with Gasteiger partial charge >= 0.3 is 29.8 Å². The Morgan fingerprint density at radius 1 is 0.543 bits per heavy atom. The van der Waals surface area contributed by atoms with Gasteiger partial charge in [0.05, 0.1) is 33.6 Å². The summed E-state index contributed by atoms with van der Waals surface area (Å²) in [4.78, 5) is 68.7. The van der Waals surface area contributed by atoms with Crippen LogP contribution in [0.4, 0.5) is 23.3 Å². The molecule has 0 saturated heterocycles. The van der Waals surface area contributed by atoms with E-state index in [1.54, 1.807) is 0 Å². The van der Waals surface area contributed by atoms with Gasteiger partial charge in [-0.1, -0.05) is 12.1 Å². The number of hydrogen-bond acceptors (Lipinski definition) is 10. The van der Waals surface area contributed by atoms with E-state index in [1.165, 1.54) is 24.3 Å². The van der Waals surface area contributed by atoms with Gasteiger partial charge in [-0.25, -0.2) is 24.0 Å². The lowest BCUT2D eigenvalue weighted by Gasteiger charge is -2.13. The minimum Gasteiger partial charge on any atom is -0.478 e. The van der Waals surface area contributed by atoms with Crippen LogP contribution in [0.15, 0.2) is 36.4 Å². The summed E-state index contributed by atoms with van der Waals surface area (Å²) < 4.78 is 0. The van der Waals surface area contributed by atoms with Gasteiger partial charge in [-0.2, -0.15) is 15.0 Å². The van der Waals surface area contributed by atoms with Crippen LogP contribution in [0.25, 0.3) is 0 Å². The first-order valence-electron chi connectivity index (χ1n) is 9.22. The van der Waals surface area contributed by atoms with Gasteiger partial charge in [0, 0.05) is 0 Å². The number of aromatic carboxylic acids is 5. The molecule has 7 N–H and O–H groups in total. The van der Waals surface area contributed by atoms with E-state index < -0.39 is 69.8 Å². The number of aromatic nitrogens is 3. The van der Waals surface area contributed by atoms with Gasteiger partial charge in [-0.15, -0.1) is 0 Å². The Hall–Kier alpha value is -5.60. The monoisotopic (exact) mass is 483 g/mol. The van der Waals surface area contributed by atoms with Crippen LogP contribution in [0.3, 0.4) is 0 Å². The molecule has 0 bridgehead atoms. The molecule has 0 amide bonds. The molecule has 0 atom stereocenters. The molecule has 2 aromatic carbocycles. The number of benzene rings is 2. The van der Waals surface area contributed by atoms with Gasteiger partial charge in [-0.3, -0.25) is 0 Å². The van der Waals surface area contributed by atoms with Crippen molar-refractivity contribution in [3.05, 3.63) is 64.5 Å². The summed E-state index contributed by atoms with van der Waals surface area (Å²) in [5.41, 5.74) is -3.02. The summed E-state index contributed by atoms with van der Waals surface area (Å²) >= 11 is 0. The molecule has 15 nitrogen and oxygen atoms in total. The number of anilines is 4. The first-order valence-corrected chi connectivity index (χ1v) is 9.22. The molecule has 178 valence electrons. The maximum atomic E-state index is 11.6. The second kappa shape index (κ2) is 9.49. The topological polar surface area (TPSA) is 249 Å². The quantitative estimate of drug-likeness (QED) is 0.229. The fraction of sp³-hybridized carbons (Fsp3) is 0. The van der Waals surface area contributed by atoms with Gasteiger partial charge in [0.1, 0.15) is 0 Å². The maximum absolute atomic E-state index is 11.6. The lowest BCUT2D eigenvalue weighted by molar-refractivity contribution is 0.0652. The minimum atomic E-state index is -1.63. The van der Waals surface area contributed by atoms with Crippen LogP contribution in [0.5, 0.6) is 0 Å². The number of carboxylic acids is 5. The zero-order valence-corrected chi connectivity index (χ0v) is 17.1.